The molecule has 366 valence electrons. The molecule has 9 rings (SSSR count). The Kier molecular flexibility index (Phi) is 13.7. The molecule has 5 heterocycles. The molecule has 0 radical (unpaired) electrons. The number of piperazine rings is 1. The minimum absolute atomic E-state index is 0.0291. The van der Waals surface area contributed by atoms with Crippen LogP contribution in [0.4, 0.5) is 38.0 Å². The predicted molar refractivity (Wildman–Crippen MR) is 249 cm³/mol. The van der Waals surface area contributed by atoms with Gasteiger partial charge < -0.3 is 19.9 Å². The number of imide groups is 1. The van der Waals surface area contributed by atoms with Gasteiger partial charge in [-0.1, -0.05) is 43.2 Å². The molecule has 3 fully saturated rings. The highest BCUT2D eigenvalue weighted by Gasteiger charge is 2.37. The molecule has 1 atom stereocenters. The third kappa shape index (κ3) is 10.7. The van der Waals surface area contributed by atoms with Crippen LogP contribution < -0.4 is 16.3 Å². The lowest BCUT2D eigenvalue weighted by molar-refractivity contribution is -0.143. The van der Waals surface area contributed by atoms with Gasteiger partial charge in [-0.15, -0.1) is 0 Å². The molecule has 3 aromatic heterocycles. The zero-order chi connectivity index (χ0) is 48.6. The zero-order valence-electron chi connectivity index (χ0n) is 38.3. The van der Waals surface area contributed by atoms with Gasteiger partial charge in [0, 0.05) is 81.3 Å². The number of aliphatic hydroxyl groups excluding tert-OH is 1. The second kappa shape index (κ2) is 19.7. The molecule has 2 aliphatic heterocycles. The van der Waals surface area contributed by atoms with E-state index in [0.29, 0.717) is 60.8 Å². The Morgan fingerprint density at radius 2 is 1.43 bits per heavy atom. The van der Waals surface area contributed by atoms with Crippen molar-refractivity contribution >= 4 is 45.5 Å². The number of hydrogen-bond acceptors (Lipinski definition) is 9. The summed E-state index contributed by atoms with van der Waals surface area (Å²) in [5.41, 5.74) is 2.43. The first-order chi connectivity index (χ1) is 33.0. The lowest BCUT2D eigenvalue weighted by Gasteiger charge is -2.34. The van der Waals surface area contributed by atoms with E-state index in [1.165, 1.54) is 4.57 Å². The van der Waals surface area contributed by atoms with Gasteiger partial charge in [0.15, 0.2) is 0 Å². The summed E-state index contributed by atoms with van der Waals surface area (Å²) < 4.78 is 86.7. The van der Waals surface area contributed by atoms with E-state index in [4.69, 9.17) is 0 Å². The molecular weight excluding hydrogens is 905 g/mol. The molecule has 2 saturated heterocycles. The number of piperidine rings is 1. The van der Waals surface area contributed by atoms with Gasteiger partial charge in [-0.3, -0.25) is 28.9 Å². The monoisotopic (exact) mass is 959 g/mol. The number of halogens is 6. The molecule has 19 heteroatoms. The molecule has 0 bridgehead atoms. The van der Waals surface area contributed by atoms with E-state index in [0.717, 1.165) is 99.1 Å². The Morgan fingerprint density at radius 3 is 2.12 bits per heavy atom. The normalized spacial score (nSPS) is 20.0. The van der Waals surface area contributed by atoms with E-state index >= 15 is 0 Å². The fourth-order valence-corrected chi connectivity index (χ4v) is 10.1. The van der Waals surface area contributed by atoms with Crippen molar-refractivity contribution in [1.82, 2.24) is 38.8 Å². The highest BCUT2D eigenvalue weighted by molar-refractivity contribution is 6.00. The standard InChI is InChI=1S/C50H55F6N9O4/c1-61-43-24-31(9-16-41(43)65(48(61)69)42-17-18-44(67)59-46(42)68)6-4-2-3-5-19-62-20-22-63(23-21-62)29-32-7-10-33(11-8-32)40-30-64(37-12-14-38(66)15-13-37)45-39(40)28-57-47(60-45)58-36-26-34(49(51,52)53)25-35(27-36)50(54,55)56/h7-11,16,24-28,30,37-38,42,66H,2-6,12-15,17-23,29H2,1H3,(H,57,58,60)(H,59,67,68). The maximum Gasteiger partial charge on any atom is 0.416 e. The Morgan fingerprint density at radius 1 is 0.768 bits per heavy atom. The number of carbonyl (C=O) groups excluding carboxylic acids is 2. The van der Waals surface area contributed by atoms with Crippen LogP contribution in [0.2, 0.25) is 0 Å². The Labute approximate surface area is 394 Å². The van der Waals surface area contributed by atoms with Crippen molar-refractivity contribution in [3.05, 3.63) is 106 Å². The molecule has 13 nitrogen and oxygen atoms in total. The topological polar surface area (TPSA) is 143 Å². The van der Waals surface area contributed by atoms with Crippen molar-refractivity contribution in [3.8, 4) is 11.1 Å². The summed E-state index contributed by atoms with van der Waals surface area (Å²) in [7, 11) is 1.71. The van der Waals surface area contributed by atoms with Crippen molar-refractivity contribution in [2.24, 2.45) is 7.05 Å². The van der Waals surface area contributed by atoms with Crippen molar-refractivity contribution < 1.29 is 41.0 Å². The Hall–Kier alpha value is -6.05. The number of aliphatic hydroxyl groups is 1. The minimum Gasteiger partial charge on any atom is -0.393 e. The number of anilines is 2. The summed E-state index contributed by atoms with van der Waals surface area (Å²) in [6.45, 7) is 5.72. The second-order valence-corrected chi connectivity index (χ2v) is 18.7. The van der Waals surface area contributed by atoms with E-state index in [1.807, 2.05) is 41.1 Å². The average molecular weight is 960 g/mol. The first-order valence-electron chi connectivity index (χ1n) is 23.7. The first-order valence-corrected chi connectivity index (χ1v) is 23.7. The SMILES string of the molecule is Cn1c(=O)n(C2CCC(=O)NC2=O)c2ccc(CCCCCCN3CCN(Cc4ccc(-c5cn(C6CCC(O)CC6)c6nc(Nc7cc(C(F)(F)F)cc(C(F)(F)F)c7)ncc56)cc4)CC3)cc21. The van der Waals surface area contributed by atoms with Gasteiger partial charge in [0.2, 0.25) is 17.8 Å². The highest BCUT2D eigenvalue weighted by Crippen LogP contribution is 2.40. The van der Waals surface area contributed by atoms with Crippen molar-refractivity contribution in [1.29, 1.82) is 0 Å². The van der Waals surface area contributed by atoms with Crippen molar-refractivity contribution in [2.45, 2.75) is 108 Å². The van der Waals surface area contributed by atoms with Gasteiger partial charge in [-0.25, -0.2) is 9.78 Å². The van der Waals surface area contributed by atoms with Gasteiger partial charge in [0.05, 0.1) is 28.3 Å². The van der Waals surface area contributed by atoms with E-state index in [2.05, 4.69) is 42.5 Å². The van der Waals surface area contributed by atoms with Crippen LogP contribution in [0.15, 0.2) is 77.9 Å². The summed E-state index contributed by atoms with van der Waals surface area (Å²) in [6.07, 6.45) is 1.39. The summed E-state index contributed by atoms with van der Waals surface area (Å²) in [5, 5.41) is 15.8. The summed E-state index contributed by atoms with van der Waals surface area (Å²) in [5.74, 6) is -0.898. The lowest BCUT2D eigenvalue weighted by atomic mass is 9.93. The molecule has 3 aliphatic rings. The fourth-order valence-electron chi connectivity index (χ4n) is 10.1. The van der Waals surface area contributed by atoms with Crippen LogP contribution >= 0.6 is 0 Å². The molecule has 3 aromatic carbocycles. The van der Waals surface area contributed by atoms with Crippen LogP contribution in [0.25, 0.3) is 33.2 Å². The number of benzene rings is 3. The number of aryl methyl sites for hydroxylation is 2. The number of alkyl halides is 6. The third-order valence-corrected chi connectivity index (χ3v) is 14.0. The summed E-state index contributed by atoms with van der Waals surface area (Å²) in [4.78, 5) is 51.3. The third-order valence-electron chi connectivity index (χ3n) is 14.0. The number of unbranched alkanes of at least 4 members (excludes halogenated alkanes) is 3. The molecule has 3 N–H and O–H groups in total. The molecule has 1 saturated carbocycles. The summed E-state index contributed by atoms with van der Waals surface area (Å²) >= 11 is 0. The van der Waals surface area contributed by atoms with E-state index in [1.54, 1.807) is 17.8 Å². The van der Waals surface area contributed by atoms with Gasteiger partial charge in [-0.2, -0.15) is 31.3 Å². The smallest absolute Gasteiger partial charge is 0.393 e. The van der Waals surface area contributed by atoms with Gasteiger partial charge in [-0.05, 0) is 105 Å². The van der Waals surface area contributed by atoms with Crippen LogP contribution in [-0.2, 0) is 42.0 Å². The first kappa shape index (κ1) is 48.0. The van der Waals surface area contributed by atoms with Crippen LogP contribution in [0.3, 0.4) is 0 Å². The average Bonchev–Trinajstić information content (AvgIpc) is 3.81. The van der Waals surface area contributed by atoms with Crippen LogP contribution in [0.1, 0.15) is 98.5 Å². The van der Waals surface area contributed by atoms with E-state index in [-0.39, 0.29) is 36.1 Å². The zero-order valence-corrected chi connectivity index (χ0v) is 38.3. The van der Waals surface area contributed by atoms with Crippen molar-refractivity contribution in [2.75, 3.05) is 38.0 Å². The number of nitrogens with one attached hydrogen (secondary N) is 2. The molecule has 1 unspecified atom stereocenters. The summed E-state index contributed by atoms with van der Waals surface area (Å²) in [6, 6.07) is 14.8. The maximum atomic E-state index is 13.6. The fraction of sp³-hybridized carbons (Fsp3) is 0.460. The molecule has 69 heavy (non-hydrogen) atoms. The molecule has 1 aliphatic carbocycles. The number of amides is 2. The van der Waals surface area contributed by atoms with Crippen LogP contribution in [-0.4, -0.2) is 89.2 Å². The molecule has 6 aromatic rings. The van der Waals surface area contributed by atoms with Crippen LogP contribution in [0, 0.1) is 0 Å². The number of carbonyl (C=O) groups is 2. The minimum atomic E-state index is -5.00. The maximum absolute atomic E-state index is 13.6. The number of rotatable bonds is 14. The molecule has 0 spiro atoms. The van der Waals surface area contributed by atoms with Crippen molar-refractivity contribution in [3.63, 3.8) is 0 Å². The van der Waals surface area contributed by atoms with E-state index < -0.39 is 47.2 Å². The molecule has 2 amide bonds. The quantitative estimate of drug-likeness (QED) is 0.0555. The van der Waals surface area contributed by atoms with E-state index in [9.17, 15) is 45.8 Å². The Bertz CT molecular complexity index is 2860. The highest BCUT2D eigenvalue weighted by atomic mass is 19.4. The Balaban J connectivity index is 0.773. The van der Waals surface area contributed by atoms with Gasteiger partial charge in [0.25, 0.3) is 0 Å². The lowest BCUT2D eigenvalue weighted by Crippen LogP contribution is -2.46. The largest absolute Gasteiger partial charge is 0.416 e. The van der Waals surface area contributed by atoms with Gasteiger partial charge >= 0.3 is 18.0 Å². The predicted octanol–water partition coefficient (Wildman–Crippen LogP) is 8.91. The van der Waals surface area contributed by atoms with Gasteiger partial charge in [0.1, 0.15) is 11.7 Å². The van der Waals surface area contributed by atoms with Crippen LogP contribution in [0.5, 0.6) is 0 Å². The second-order valence-electron chi connectivity index (χ2n) is 18.7. The number of hydrogen-bond donors (Lipinski definition) is 3. The number of imidazole rings is 1. The number of nitrogens with zero attached hydrogens (tertiary/aromatic N) is 7. The number of aromatic nitrogens is 5. The molecular formula is C50H55F6N9O4. The number of fused-ring (bicyclic) bond motifs is 2.